The van der Waals surface area contributed by atoms with E-state index >= 15 is 0 Å². The molecule has 0 bridgehead atoms. The Morgan fingerprint density at radius 3 is 2.63 bits per heavy atom. The molecule has 0 radical (unpaired) electrons. The van der Waals surface area contributed by atoms with Gasteiger partial charge in [-0.3, -0.25) is 0 Å². The number of aryl methyl sites for hydroxylation is 1. The summed E-state index contributed by atoms with van der Waals surface area (Å²) in [5.74, 6) is 0.224. The fourth-order valence-electron chi connectivity index (χ4n) is 1.86. The zero-order valence-electron chi connectivity index (χ0n) is 11.3. The highest BCUT2D eigenvalue weighted by Gasteiger charge is 2.11. The summed E-state index contributed by atoms with van der Waals surface area (Å²) in [5.41, 5.74) is 2.33. The Kier molecular flexibility index (Phi) is 3.51. The monoisotopic (exact) mass is 257 g/mol. The molecule has 1 heterocycles. The second-order valence-electron chi connectivity index (χ2n) is 4.50. The average molecular weight is 257 g/mol. The summed E-state index contributed by atoms with van der Waals surface area (Å²) in [5, 5.41) is 9.69. The van der Waals surface area contributed by atoms with E-state index in [4.69, 9.17) is 0 Å². The Labute approximate surface area is 111 Å². The van der Waals surface area contributed by atoms with Crippen LogP contribution in [0.1, 0.15) is 17.0 Å². The van der Waals surface area contributed by atoms with Crippen molar-refractivity contribution in [1.29, 1.82) is 0 Å². The van der Waals surface area contributed by atoms with Gasteiger partial charge in [-0.1, -0.05) is 18.2 Å². The van der Waals surface area contributed by atoms with Crippen molar-refractivity contribution in [1.82, 2.24) is 4.57 Å². The van der Waals surface area contributed by atoms with Gasteiger partial charge in [0, 0.05) is 11.6 Å². The average Bonchev–Trinajstić information content (AvgIpc) is 2.40. The number of benzene rings is 1. The lowest BCUT2D eigenvalue weighted by Gasteiger charge is -2.02. The van der Waals surface area contributed by atoms with Gasteiger partial charge in [-0.15, -0.1) is 0 Å². The molecule has 0 amide bonds. The molecule has 0 saturated carbocycles. The Morgan fingerprint density at radius 1 is 1.26 bits per heavy atom. The number of hydrogen-bond donors (Lipinski definition) is 1. The quantitative estimate of drug-likeness (QED) is 0.826. The summed E-state index contributed by atoms with van der Waals surface area (Å²) < 4.78 is 3.17. The Balaban J connectivity index is 2.45. The van der Waals surface area contributed by atoms with E-state index in [1.165, 1.54) is 0 Å². The number of phenolic OH excluding ortho intramolecular Hbond substituents is 1. The molecule has 4 heteroatoms. The van der Waals surface area contributed by atoms with Crippen molar-refractivity contribution >= 4 is 12.2 Å². The molecule has 0 saturated heterocycles. The summed E-state index contributed by atoms with van der Waals surface area (Å²) >= 11 is 0. The van der Waals surface area contributed by atoms with Gasteiger partial charge in [0.1, 0.15) is 17.1 Å². The van der Waals surface area contributed by atoms with Gasteiger partial charge in [-0.2, -0.15) is 13.9 Å². The molecule has 0 atom stereocenters. The van der Waals surface area contributed by atoms with Gasteiger partial charge in [0.25, 0.3) is 0 Å². The minimum Gasteiger partial charge on any atom is -0.507 e. The standard InChI is InChI=1S/C15H16N2O2/c1-11-10-13(17(3)15(19)16(11)2)9-8-12-6-4-5-7-14(12)18/h4-10H,1-3H3/p+1. The largest absolute Gasteiger partial charge is 0.507 e. The summed E-state index contributed by atoms with van der Waals surface area (Å²) in [7, 11) is 3.47. The second kappa shape index (κ2) is 5.10. The molecule has 2 aromatic rings. The Bertz CT molecular complexity index is 700. The number of aromatic hydroxyl groups is 1. The predicted molar refractivity (Wildman–Crippen MR) is 74.6 cm³/mol. The van der Waals surface area contributed by atoms with Crippen LogP contribution >= 0.6 is 0 Å². The molecule has 98 valence electrons. The van der Waals surface area contributed by atoms with Crippen molar-refractivity contribution < 1.29 is 9.67 Å². The molecular formula is C15H17N2O2+. The number of phenols is 1. The minimum atomic E-state index is -0.0723. The van der Waals surface area contributed by atoms with E-state index in [0.717, 1.165) is 17.0 Å². The van der Waals surface area contributed by atoms with Crippen LogP contribution in [0.3, 0.4) is 0 Å². The second-order valence-corrected chi connectivity index (χ2v) is 4.50. The zero-order chi connectivity index (χ0) is 14.0. The molecule has 0 fully saturated rings. The minimum absolute atomic E-state index is 0.0723. The van der Waals surface area contributed by atoms with E-state index in [9.17, 15) is 9.90 Å². The lowest BCUT2D eigenvalue weighted by atomic mass is 10.1. The van der Waals surface area contributed by atoms with Gasteiger partial charge in [-0.25, -0.2) is 0 Å². The third kappa shape index (κ3) is 2.57. The lowest BCUT2D eigenvalue weighted by Crippen LogP contribution is -2.53. The number of rotatable bonds is 2. The third-order valence-corrected chi connectivity index (χ3v) is 3.22. The van der Waals surface area contributed by atoms with E-state index in [1.807, 2.05) is 31.2 Å². The van der Waals surface area contributed by atoms with Crippen molar-refractivity contribution in [3.63, 3.8) is 0 Å². The first-order valence-electron chi connectivity index (χ1n) is 6.03. The topological polar surface area (TPSA) is 46.1 Å². The van der Waals surface area contributed by atoms with Gasteiger partial charge in [0.2, 0.25) is 0 Å². The zero-order valence-corrected chi connectivity index (χ0v) is 11.3. The van der Waals surface area contributed by atoms with Gasteiger partial charge in [-0.05, 0) is 25.1 Å². The van der Waals surface area contributed by atoms with Crippen LogP contribution < -0.4 is 10.3 Å². The SMILES string of the molecule is Cc1cc(/C=C/c2ccccc2O)[n+](C)c(=O)n1C. The van der Waals surface area contributed by atoms with E-state index in [0.29, 0.717) is 0 Å². The van der Waals surface area contributed by atoms with E-state index < -0.39 is 0 Å². The maximum absolute atomic E-state index is 11.9. The first kappa shape index (κ1) is 13.1. The van der Waals surface area contributed by atoms with Crippen LogP contribution in [0.25, 0.3) is 12.2 Å². The number of nitrogens with zero attached hydrogens (tertiary/aromatic N) is 2. The predicted octanol–water partition coefficient (Wildman–Crippen LogP) is 1.39. The van der Waals surface area contributed by atoms with Crippen molar-refractivity contribution in [2.75, 3.05) is 0 Å². The molecule has 2 rings (SSSR count). The number of aromatic nitrogens is 2. The molecule has 4 nitrogen and oxygen atoms in total. The van der Waals surface area contributed by atoms with Crippen LogP contribution in [0, 0.1) is 6.92 Å². The summed E-state index contributed by atoms with van der Waals surface area (Å²) in [4.78, 5) is 11.9. The Hall–Kier alpha value is -2.36. The van der Waals surface area contributed by atoms with Crippen LogP contribution in [-0.2, 0) is 14.1 Å². The Morgan fingerprint density at radius 2 is 1.95 bits per heavy atom. The highest BCUT2D eigenvalue weighted by Crippen LogP contribution is 2.17. The van der Waals surface area contributed by atoms with Crippen LogP contribution in [0.2, 0.25) is 0 Å². The van der Waals surface area contributed by atoms with E-state index in [1.54, 1.807) is 41.4 Å². The molecule has 1 N–H and O–H groups in total. The van der Waals surface area contributed by atoms with Crippen molar-refractivity contribution in [2.24, 2.45) is 14.1 Å². The van der Waals surface area contributed by atoms with Crippen LogP contribution in [-0.4, -0.2) is 9.67 Å². The van der Waals surface area contributed by atoms with Crippen molar-refractivity contribution in [2.45, 2.75) is 6.92 Å². The molecule has 1 aromatic heterocycles. The summed E-state index contributed by atoms with van der Waals surface area (Å²) in [6.07, 6.45) is 3.62. The molecule has 0 aliphatic rings. The maximum Gasteiger partial charge on any atom is 0.498 e. The normalized spacial score (nSPS) is 11.1. The molecular weight excluding hydrogens is 240 g/mol. The van der Waals surface area contributed by atoms with Crippen molar-refractivity contribution in [3.8, 4) is 5.75 Å². The molecule has 0 aliphatic carbocycles. The van der Waals surface area contributed by atoms with Crippen LogP contribution in [0.15, 0.2) is 35.1 Å². The molecule has 0 unspecified atom stereocenters. The van der Waals surface area contributed by atoms with Gasteiger partial charge >= 0.3 is 5.69 Å². The molecule has 1 aromatic carbocycles. The van der Waals surface area contributed by atoms with Crippen molar-refractivity contribution in [3.05, 3.63) is 57.8 Å². The van der Waals surface area contributed by atoms with E-state index in [-0.39, 0.29) is 11.4 Å². The van der Waals surface area contributed by atoms with Gasteiger partial charge < -0.3 is 5.11 Å². The molecule has 19 heavy (non-hydrogen) atoms. The molecule has 0 aliphatic heterocycles. The number of para-hydroxylation sites is 1. The molecule has 0 spiro atoms. The van der Waals surface area contributed by atoms with E-state index in [2.05, 4.69) is 0 Å². The summed E-state index contributed by atoms with van der Waals surface area (Å²) in [6, 6.07) is 9.01. The number of hydrogen-bond acceptors (Lipinski definition) is 2. The highest BCUT2D eigenvalue weighted by molar-refractivity contribution is 5.70. The van der Waals surface area contributed by atoms with Crippen LogP contribution in [0.5, 0.6) is 5.75 Å². The first-order chi connectivity index (χ1) is 9.00. The first-order valence-corrected chi connectivity index (χ1v) is 6.03. The van der Waals surface area contributed by atoms with Gasteiger partial charge in [0.15, 0.2) is 0 Å². The fourth-order valence-corrected chi connectivity index (χ4v) is 1.86. The fraction of sp³-hybridized carbons (Fsp3) is 0.200. The third-order valence-electron chi connectivity index (χ3n) is 3.22. The lowest BCUT2D eigenvalue weighted by molar-refractivity contribution is -0.692. The maximum atomic E-state index is 11.9. The smallest absolute Gasteiger partial charge is 0.498 e. The summed E-state index contributed by atoms with van der Waals surface area (Å²) in [6.45, 7) is 1.89. The highest BCUT2D eigenvalue weighted by atomic mass is 16.3. The van der Waals surface area contributed by atoms with Gasteiger partial charge in [0.05, 0.1) is 14.1 Å². The van der Waals surface area contributed by atoms with Crippen LogP contribution in [0.4, 0.5) is 0 Å².